The lowest BCUT2D eigenvalue weighted by Gasteiger charge is -2.35. The first-order chi connectivity index (χ1) is 29.0. The molecule has 1 aliphatic carbocycles. The number of nitrogens with one attached hydrogen (secondary N) is 1. The molecule has 0 bridgehead atoms. The number of alkyl carbamates (subject to hydrolysis) is 1. The lowest BCUT2D eigenvalue weighted by Crippen LogP contribution is -2.46. The molecule has 0 aromatic heterocycles. The monoisotopic (exact) mass is 839 g/mol. The Morgan fingerprint density at radius 1 is 0.717 bits per heavy atom. The van der Waals surface area contributed by atoms with Crippen molar-refractivity contribution in [2.75, 3.05) is 19.0 Å². The summed E-state index contributed by atoms with van der Waals surface area (Å²) in [6.07, 6.45) is 2.64. The van der Waals surface area contributed by atoms with Crippen molar-refractivity contribution in [3.05, 3.63) is 179 Å². The van der Waals surface area contributed by atoms with Crippen LogP contribution in [0.3, 0.4) is 0 Å². The Labute approximate surface area is 361 Å². The highest BCUT2D eigenvalue weighted by Crippen LogP contribution is 2.49. The molecule has 60 heavy (non-hydrogen) atoms. The van der Waals surface area contributed by atoms with Crippen LogP contribution < -0.4 is 5.32 Å². The van der Waals surface area contributed by atoms with Crippen LogP contribution in [0.5, 0.6) is 0 Å². The molecule has 9 heteroatoms. The number of carbonyl (C=O) groups is 3. The van der Waals surface area contributed by atoms with Crippen molar-refractivity contribution in [1.29, 1.82) is 0 Å². The summed E-state index contributed by atoms with van der Waals surface area (Å²) in [7, 11) is -1.43. The maximum absolute atomic E-state index is 13.9. The first kappa shape index (κ1) is 44.2. The quantitative estimate of drug-likeness (QED) is 0.0221. The van der Waals surface area contributed by atoms with Gasteiger partial charge in [0.2, 0.25) is 0 Å². The molecule has 0 heterocycles. The molecule has 0 spiro atoms. The standard InChI is InChI=1S/C51H57NO6SSi/c1-37(2)48(52-50(55)57-36-46-44-30-17-15-28-42(44)43-29-16-18-31-45(43)46)49(54)58-41(35-47(53)56-32-34-60(3,4)5)27-19-20-33-59-51(38-21-9-6-10-22-38,39-23-11-7-12-24-39)40-25-13-8-14-26-40/h6-19,21-31,37,41,46,48H,20,32-36H2,1-5H3,(H,52,55)/b27-19+. The zero-order valence-electron chi connectivity index (χ0n) is 35.3. The van der Waals surface area contributed by atoms with Gasteiger partial charge in [-0.25, -0.2) is 9.59 Å². The molecule has 0 fully saturated rings. The van der Waals surface area contributed by atoms with Crippen molar-refractivity contribution in [2.24, 2.45) is 5.92 Å². The Hall–Kier alpha value is -5.38. The van der Waals surface area contributed by atoms with Gasteiger partial charge in [0.25, 0.3) is 0 Å². The molecule has 6 rings (SSSR count). The van der Waals surface area contributed by atoms with E-state index in [4.69, 9.17) is 14.2 Å². The highest BCUT2D eigenvalue weighted by atomic mass is 32.2. The van der Waals surface area contributed by atoms with Crippen molar-refractivity contribution in [3.63, 3.8) is 0 Å². The van der Waals surface area contributed by atoms with E-state index < -0.39 is 43.0 Å². The molecule has 2 atom stereocenters. The highest BCUT2D eigenvalue weighted by Gasteiger charge is 2.37. The third-order valence-electron chi connectivity index (χ3n) is 10.8. The summed E-state index contributed by atoms with van der Waals surface area (Å²) in [4.78, 5) is 40.3. The molecule has 2 unspecified atom stereocenters. The number of benzene rings is 5. The number of amides is 1. The number of fused-ring (bicyclic) bond motifs is 3. The second kappa shape index (κ2) is 20.7. The Bertz CT molecular complexity index is 2060. The second-order valence-electron chi connectivity index (χ2n) is 16.7. The van der Waals surface area contributed by atoms with Crippen molar-refractivity contribution < 1.29 is 28.6 Å². The molecule has 1 aliphatic rings. The molecule has 0 saturated heterocycles. The fourth-order valence-electron chi connectivity index (χ4n) is 7.63. The summed E-state index contributed by atoms with van der Waals surface area (Å²) < 4.78 is 17.0. The molecule has 7 nitrogen and oxygen atoms in total. The van der Waals surface area contributed by atoms with Gasteiger partial charge in [0.1, 0.15) is 18.8 Å². The summed E-state index contributed by atoms with van der Waals surface area (Å²) in [6, 6.07) is 47.7. The third-order valence-corrected chi connectivity index (χ3v) is 14.1. The minimum Gasteiger partial charge on any atom is -0.466 e. The average Bonchev–Trinajstić information content (AvgIpc) is 3.57. The van der Waals surface area contributed by atoms with Crippen LogP contribution in [0, 0.1) is 5.92 Å². The Morgan fingerprint density at radius 3 is 1.72 bits per heavy atom. The summed E-state index contributed by atoms with van der Waals surface area (Å²) in [5.74, 6) is -0.787. The molecule has 1 N–H and O–H groups in total. The number of ether oxygens (including phenoxy) is 3. The second-order valence-corrected chi connectivity index (χ2v) is 23.7. The van der Waals surface area contributed by atoms with Crippen molar-refractivity contribution in [3.8, 4) is 11.1 Å². The number of allylic oxidation sites excluding steroid dienone is 1. The molecular weight excluding hydrogens is 783 g/mol. The lowest BCUT2D eigenvalue weighted by atomic mass is 9.84. The molecular formula is C51H57NO6SSi. The van der Waals surface area contributed by atoms with Gasteiger partial charge < -0.3 is 19.5 Å². The highest BCUT2D eigenvalue weighted by molar-refractivity contribution is 8.00. The Morgan fingerprint density at radius 2 is 1.22 bits per heavy atom. The van der Waals surface area contributed by atoms with Gasteiger partial charge >= 0.3 is 18.0 Å². The van der Waals surface area contributed by atoms with E-state index in [0.717, 1.165) is 34.1 Å². The lowest BCUT2D eigenvalue weighted by molar-refractivity contribution is -0.155. The third kappa shape index (κ3) is 11.3. The first-order valence-corrected chi connectivity index (χ1v) is 25.6. The minimum atomic E-state index is -1.43. The van der Waals surface area contributed by atoms with Gasteiger partial charge in [0, 0.05) is 14.0 Å². The molecule has 0 aliphatic heterocycles. The van der Waals surface area contributed by atoms with Gasteiger partial charge in [-0.15, -0.1) is 11.8 Å². The maximum atomic E-state index is 13.9. The van der Waals surface area contributed by atoms with Gasteiger partial charge in [-0.3, -0.25) is 4.79 Å². The summed E-state index contributed by atoms with van der Waals surface area (Å²) in [6.45, 7) is 10.8. The van der Waals surface area contributed by atoms with Crippen LogP contribution in [0.4, 0.5) is 4.79 Å². The first-order valence-electron chi connectivity index (χ1n) is 20.9. The van der Waals surface area contributed by atoms with Crippen LogP contribution in [-0.2, 0) is 28.5 Å². The fraction of sp³-hybridized carbons (Fsp3) is 0.314. The number of thioether (sulfide) groups is 1. The van der Waals surface area contributed by atoms with Gasteiger partial charge in [-0.1, -0.05) is 179 Å². The number of rotatable bonds is 19. The summed E-state index contributed by atoms with van der Waals surface area (Å²) in [5.41, 5.74) is 7.98. The summed E-state index contributed by atoms with van der Waals surface area (Å²) >= 11 is 1.83. The molecule has 0 radical (unpaired) electrons. The number of esters is 2. The topological polar surface area (TPSA) is 90.9 Å². The van der Waals surface area contributed by atoms with E-state index in [-0.39, 0.29) is 24.9 Å². The van der Waals surface area contributed by atoms with Crippen molar-refractivity contribution in [1.82, 2.24) is 5.32 Å². The Kier molecular flexibility index (Phi) is 15.3. The maximum Gasteiger partial charge on any atom is 0.407 e. The number of carbonyl (C=O) groups excluding carboxylic acids is 3. The molecule has 5 aromatic carbocycles. The largest absolute Gasteiger partial charge is 0.466 e. The smallest absolute Gasteiger partial charge is 0.407 e. The Balaban J connectivity index is 1.14. The van der Waals surface area contributed by atoms with Crippen molar-refractivity contribution >= 4 is 37.9 Å². The van der Waals surface area contributed by atoms with Gasteiger partial charge in [0.15, 0.2) is 0 Å². The van der Waals surface area contributed by atoms with E-state index in [1.807, 2.05) is 74.1 Å². The zero-order valence-corrected chi connectivity index (χ0v) is 37.2. The minimum absolute atomic E-state index is 0.118. The molecule has 1 amide bonds. The van der Waals surface area contributed by atoms with E-state index in [1.165, 1.54) is 16.7 Å². The van der Waals surface area contributed by atoms with E-state index in [2.05, 4.69) is 122 Å². The van der Waals surface area contributed by atoms with E-state index in [0.29, 0.717) is 13.0 Å². The SMILES string of the molecule is CC(C)C(NC(=O)OCC1c2ccccc2-c2ccccc21)C(=O)OC(/C=C/CCSC(c1ccccc1)(c1ccccc1)c1ccccc1)CC(=O)OCC[Si](C)(C)C. The van der Waals surface area contributed by atoms with Crippen molar-refractivity contribution in [2.45, 2.75) is 75.2 Å². The van der Waals surface area contributed by atoms with E-state index in [1.54, 1.807) is 6.08 Å². The summed E-state index contributed by atoms with van der Waals surface area (Å²) in [5, 5.41) is 2.76. The predicted octanol–water partition coefficient (Wildman–Crippen LogP) is 11.4. The normalized spacial score (nSPS) is 13.6. The van der Waals surface area contributed by atoms with Crippen LogP contribution in [0.25, 0.3) is 11.1 Å². The van der Waals surface area contributed by atoms with E-state index in [9.17, 15) is 14.4 Å². The van der Waals surface area contributed by atoms with Crippen LogP contribution in [0.15, 0.2) is 152 Å². The van der Waals surface area contributed by atoms with Crippen LogP contribution in [0.2, 0.25) is 25.7 Å². The van der Waals surface area contributed by atoms with E-state index >= 15 is 0 Å². The molecule has 5 aromatic rings. The average molecular weight is 840 g/mol. The fourth-order valence-corrected chi connectivity index (χ4v) is 9.81. The van der Waals surface area contributed by atoms with Crippen LogP contribution >= 0.6 is 11.8 Å². The molecule has 0 saturated carbocycles. The van der Waals surface area contributed by atoms with Crippen LogP contribution in [-0.4, -0.2) is 57.2 Å². The van der Waals surface area contributed by atoms with Gasteiger partial charge in [-0.05, 0) is 69.2 Å². The van der Waals surface area contributed by atoms with Gasteiger partial charge in [0.05, 0.1) is 17.8 Å². The van der Waals surface area contributed by atoms with Crippen LogP contribution in [0.1, 0.15) is 60.4 Å². The molecule has 312 valence electrons. The predicted molar refractivity (Wildman–Crippen MR) is 246 cm³/mol. The number of hydrogen-bond acceptors (Lipinski definition) is 7. The van der Waals surface area contributed by atoms with Gasteiger partial charge in [-0.2, -0.15) is 0 Å². The zero-order chi connectivity index (χ0) is 42.5. The number of hydrogen-bond donors (Lipinski definition) is 1.